The minimum Gasteiger partial charge on any atom is -0.398 e. The molecule has 0 unspecified atom stereocenters. The second-order valence-electron chi connectivity index (χ2n) is 5.76. The van der Waals surface area contributed by atoms with Crippen LogP contribution in [0.2, 0.25) is 0 Å². The lowest BCUT2D eigenvalue weighted by Gasteiger charge is -2.22. The van der Waals surface area contributed by atoms with Crippen LogP contribution in [0.5, 0.6) is 0 Å². The molecule has 0 radical (unpaired) electrons. The van der Waals surface area contributed by atoms with Crippen LogP contribution in [0.15, 0.2) is 18.2 Å². The van der Waals surface area contributed by atoms with Crippen molar-refractivity contribution in [2.75, 3.05) is 12.3 Å². The van der Waals surface area contributed by atoms with E-state index in [0.717, 1.165) is 4.90 Å². The molecule has 0 aliphatic carbocycles. The third-order valence-corrected chi connectivity index (χ3v) is 2.85. The van der Waals surface area contributed by atoms with Crippen LogP contribution in [-0.4, -0.2) is 34.7 Å². The van der Waals surface area contributed by atoms with Crippen LogP contribution in [0.1, 0.15) is 41.5 Å². The van der Waals surface area contributed by atoms with Crippen molar-refractivity contribution < 1.29 is 14.4 Å². The summed E-state index contributed by atoms with van der Waals surface area (Å²) in [6.45, 7) is 5.17. The maximum atomic E-state index is 12.2. The fraction of sp³-hybridized carbons (Fsp3) is 0.357. The van der Waals surface area contributed by atoms with E-state index >= 15 is 0 Å². The largest absolute Gasteiger partial charge is 0.398 e. The highest BCUT2D eigenvalue weighted by Crippen LogP contribution is 2.27. The Kier molecular flexibility index (Phi) is 3.25. The van der Waals surface area contributed by atoms with Crippen LogP contribution in [-0.2, 0) is 4.79 Å². The second kappa shape index (κ2) is 4.63. The summed E-state index contributed by atoms with van der Waals surface area (Å²) >= 11 is 0. The lowest BCUT2D eigenvalue weighted by Crippen LogP contribution is -2.47. The van der Waals surface area contributed by atoms with Gasteiger partial charge in [-0.05, 0) is 32.9 Å². The van der Waals surface area contributed by atoms with E-state index in [1.165, 1.54) is 6.07 Å². The van der Waals surface area contributed by atoms with Gasteiger partial charge in [0.2, 0.25) is 5.91 Å². The fourth-order valence-corrected chi connectivity index (χ4v) is 2.10. The van der Waals surface area contributed by atoms with Crippen molar-refractivity contribution in [1.82, 2.24) is 10.2 Å². The van der Waals surface area contributed by atoms with Crippen LogP contribution in [0.25, 0.3) is 0 Å². The molecule has 1 aromatic rings. The third kappa shape index (κ3) is 2.49. The summed E-state index contributed by atoms with van der Waals surface area (Å²) in [5, 5.41) is 2.71. The number of amides is 3. The van der Waals surface area contributed by atoms with Gasteiger partial charge in [-0.3, -0.25) is 19.3 Å². The van der Waals surface area contributed by atoms with Gasteiger partial charge in [0.15, 0.2) is 0 Å². The van der Waals surface area contributed by atoms with Crippen LogP contribution < -0.4 is 11.1 Å². The number of fused-ring (bicyclic) bond motifs is 1. The molecule has 0 fully saturated rings. The Morgan fingerprint density at radius 1 is 1.25 bits per heavy atom. The number of nitrogens with one attached hydrogen (secondary N) is 1. The number of nitrogens with two attached hydrogens (primary N) is 1. The Morgan fingerprint density at radius 2 is 1.90 bits per heavy atom. The average molecular weight is 275 g/mol. The van der Waals surface area contributed by atoms with Crippen molar-refractivity contribution in [3.8, 4) is 0 Å². The zero-order valence-corrected chi connectivity index (χ0v) is 11.7. The minimum atomic E-state index is -0.521. The maximum absolute atomic E-state index is 12.2. The number of anilines is 1. The van der Waals surface area contributed by atoms with Gasteiger partial charge in [0, 0.05) is 11.2 Å². The molecule has 0 bridgehead atoms. The first-order valence-corrected chi connectivity index (χ1v) is 6.26. The van der Waals surface area contributed by atoms with Gasteiger partial charge in [0.1, 0.15) is 6.54 Å². The first kappa shape index (κ1) is 14.0. The monoisotopic (exact) mass is 275 g/mol. The van der Waals surface area contributed by atoms with Crippen molar-refractivity contribution in [1.29, 1.82) is 0 Å². The molecule has 3 amide bonds. The van der Waals surface area contributed by atoms with E-state index in [0.29, 0.717) is 0 Å². The number of rotatable bonds is 2. The molecule has 1 heterocycles. The third-order valence-electron chi connectivity index (χ3n) is 2.85. The number of carbonyl (C=O) groups excluding carboxylic acids is 3. The van der Waals surface area contributed by atoms with Gasteiger partial charge in [0.25, 0.3) is 11.8 Å². The molecule has 6 nitrogen and oxygen atoms in total. The molecule has 0 aromatic heterocycles. The Morgan fingerprint density at radius 3 is 2.45 bits per heavy atom. The summed E-state index contributed by atoms with van der Waals surface area (Å²) in [5.74, 6) is -1.39. The quantitative estimate of drug-likeness (QED) is 0.616. The highest BCUT2D eigenvalue weighted by atomic mass is 16.2. The van der Waals surface area contributed by atoms with E-state index < -0.39 is 17.4 Å². The number of hydrogen-bond acceptors (Lipinski definition) is 4. The van der Waals surface area contributed by atoms with Crippen LogP contribution in [0.3, 0.4) is 0 Å². The molecule has 0 saturated carbocycles. The number of hydrogen-bond donors (Lipinski definition) is 2. The second-order valence-corrected chi connectivity index (χ2v) is 5.76. The number of nitrogens with zero attached hydrogens (tertiary/aromatic N) is 1. The molecule has 20 heavy (non-hydrogen) atoms. The highest BCUT2D eigenvalue weighted by molar-refractivity contribution is 6.24. The topological polar surface area (TPSA) is 92.5 Å². The minimum absolute atomic E-state index is 0.182. The van der Waals surface area contributed by atoms with Crippen molar-refractivity contribution >= 4 is 23.4 Å². The van der Waals surface area contributed by atoms with Gasteiger partial charge in [-0.25, -0.2) is 0 Å². The predicted molar refractivity (Wildman–Crippen MR) is 74.1 cm³/mol. The van der Waals surface area contributed by atoms with Gasteiger partial charge in [-0.15, -0.1) is 0 Å². The molecule has 2 rings (SSSR count). The van der Waals surface area contributed by atoms with Crippen molar-refractivity contribution in [3.05, 3.63) is 29.3 Å². The SMILES string of the molecule is CC(C)(C)NC(=O)CN1C(=O)c2cccc(N)c2C1=O. The zero-order valence-electron chi connectivity index (χ0n) is 11.7. The molecule has 6 heteroatoms. The molecular formula is C14H17N3O3. The average Bonchev–Trinajstić information content (AvgIpc) is 2.53. The Labute approximate surface area is 116 Å². The molecule has 106 valence electrons. The van der Waals surface area contributed by atoms with E-state index in [4.69, 9.17) is 5.73 Å². The Hall–Kier alpha value is -2.37. The lowest BCUT2D eigenvalue weighted by molar-refractivity contribution is -0.122. The standard InChI is InChI=1S/C14H17N3O3/c1-14(2,3)16-10(18)7-17-12(19)8-5-4-6-9(15)11(8)13(17)20/h4-6H,7,15H2,1-3H3,(H,16,18). The molecule has 1 aromatic carbocycles. The fourth-order valence-electron chi connectivity index (χ4n) is 2.10. The summed E-state index contributed by atoms with van der Waals surface area (Å²) < 4.78 is 0. The molecule has 3 N–H and O–H groups in total. The molecule has 1 aliphatic rings. The van der Waals surface area contributed by atoms with Crippen molar-refractivity contribution in [3.63, 3.8) is 0 Å². The van der Waals surface area contributed by atoms with Gasteiger partial charge >= 0.3 is 0 Å². The number of nitrogen functional groups attached to an aromatic ring is 1. The van der Waals surface area contributed by atoms with Gasteiger partial charge < -0.3 is 11.1 Å². The first-order chi connectivity index (χ1) is 9.20. The number of benzene rings is 1. The smallest absolute Gasteiger partial charge is 0.264 e. The van der Waals surface area contributed by atoms with E-state index in [9.17, 15) is 14.4 Å². The zero-order chi connectivity index (χ0) is 15.1. The lowest BCUT2D eigenvalue weighted by atomic mass is 10.1. The van der Waals surface area contributed by atoms with Crippen LogP contribution >= 0.6 is 0 Å². The molecule has 0 spiro atoms. The number of carbonyl (C=O) groups is 3. The number of imide groups is 1. The van der Waals surface area contributed by atoms with Crippen LogP contribution in [0, 0.1) is 0 Å². The highest BCUT2D eigenvalue weighted by Gasteiger charge is 2.38. The van der Waals surface area contributed by atoms with Gasteiger partial charge in [-0.1, -0.05) is 6.07 Å². The van der Waals surface area contributed by atoms with E-state index in [-0.39, 0.29) is 29.3 Å². The van der Waals surface area contributed by atoms with E-state index in [2.05, 4.69) is 5.32 Å². The summed E-state index contributed by atoms with van der Waals surface area (Å²) in [7, 11) is 0. The maximum Gasteiger partial charge on any atom is 0.264 e. The Balaban J connectivity index is 2.21. The summed E-state index contributed by atoms with van der Waals surface area (Å²) in [5.41, 5.74) is 5.98. The first-order valence-electron chi connectivity index (χ1n) is 6.26. The van der Waals surface area contributed by atoms with Gasteiger partial charge in [0.05, 0.1) is 11.1 Å². The summed E-state index contributed by atoms with van der Waals surface area (Å²) in [6, 6.07) is 4.70. The van der Waals surface area contributed by atoms with Gasteiger partial charge in [-0.2, -0.15) is 0 Å². The van der Waals surface area contributed by atoms with E-state index in [1.807, 2.05) is 20.8 Å². The molecule has 1 aliphatic heterocycles. The van der Waals surface area contributed by atoms with E-state index in [1.54, 1.807) is 12.1 Å². The predicted octanol–water partition coefficient (Wildman–Crippen LogP) is 0.779. The molecule has 0 saturated heterocycles. The summed E-state index contributed by atoms with van der Waals surface area (Å²) in [6.07, 6.45) is 0. The normalized spacial score (nSPS) is 14.4. The Bertz CT molecular complexity index is 602. The van der Waals surface area contributed by atoms with Crippen molar-refractivity contribution in [2.45, 2.75) is 26.3 Å². The summed E-state index contributed by atoms with van der Waals surface area (Å²) in [4.78, 5) is 37.1. The molecular weight excluding hydrogens is 258 g/mol. The van der Waals surface area contributed by atoms with Crippen molar-refractivity contribution in [2.24, 2.45) is 0 Å². The molecule has 0 atom stereocenters. The van der Waals surface area contributed by atoms with Crippen LogP contribution in [0.4, 0.5) is 5.69 Å².